The van der Waals surface area contributed by atoms with Gasteiger partial charge in [-0.05, 0) is 85.5 Å². The zero-order valence-corrected chi connectivity index (χ0v) is 16.3. The number of methoxy groups -OCH3 is 1. The average Bonchev–Trinajstić information content (AvgIpc) is 3.23. The first-order chi connectivity index (χ1) is 13.0. The van der Waals surface area contributed by atoms with E-state index in [0.717, 1.165) is 42.6 Å². The topological polar surface area (TPSA) is 49.8 Å². The molecule has 27 heavy (non-hydrogen) atoms. The SMILES string of the molecule is COc1ccc(Cc2cc3c(c(C)c2C)CN([C@H]2CCC[C@@H]2O)C3=O)cc1. The molecule has 2 aliphatic rings. The summed E-state index contributed by atoms with van der Waals surface area (Å²) in [5.74, 6) is 0.927. The van der Waals surface area contributed by atoms with Gasteiger partial charge in [0, 0.05) is 12.1 Å². The molecule has 1 aliphatic heterocycles. The number of benzene rings is 2. The maximum Gasteiger partial charge on any atom is 0.254 e. The van der Waals surface area contributed by atoms with Crippen LogP contribution in [0.5, 0.6) is 5.75 Å². The Hall–Kier alpha value is -2.33. The second-order valence-electron chi connectivity index (χ2n) is 7.84. The number of hydrogen-bond donors (Lipinski definition) is 1. The number of rotatable bonds is 4. The summed E-state index contributed by atoms with van der Waals surface area (Å²) in [6, 6.07) is 10.1. The van der Waals surface area contributed by atoms with E-state index in [4.69, 9.17) is 4.74 Å². The third-order valence-corrected chi connectivity index (χ3v) is 6.36. The van der Waals surface area contributed by atoms with Crippen molar-refractivity contribution in [3.05, 3.63) is 63.7 Å². The Morgan fingerprint density at radius 1 is 1.15 bits per heavy atom. The van der Waals surface area contributed by atoms with E-state index in [2.05, 4.69) is 32.0 Å². The number of nitrogens with zero attached hydrogens (tertiary/aromatic N) is 1. The van der Waals surface area contributed by atoms with E-state index in [9.17, 15) is 9.90 Å². The maximum absolute atomic E-state index is 13.1. The first kappa shape index (κ1) is 18.1. The normalized spacial score (nSPS) is 21.6. The van der Waals surface area contributed by atoms with E-state index >= 15 is 0 Å². The molecule has 0 unspecified atom stereocenters. The van der Waals surface area contributed by atoms with Crippen molar-refractivity contribution in [1.29, 1.82) is 0 Å². The van der Waals surface area contributed by atoms with Gasteiger partial charge < -0.3 is 14.7 Å². The fraction of sp³-hybridized carbons (Fsp3) is 0.435. The van der Waals surface area contributed by atoms with Crippen molar-refractivity contribution in [3.63, 3.8) is 0 Å². The molecule has 142 valence electrons. The lowest BCUT2D eigenvalue weighted by Gasteiger charge is -2.26. The fourth-order valence-corrected chi connectivity index (χ4v) is 4.53. The van der Waals surface area contributed by atoms with E-state index in [1.54, 1.807) is 7.11 Å². The third kappa shape index (κ3) is 3.12. The zero-order valence-electron chi connectivity index (χ0n) is 16.3. The van der Waals surface area contributed by atoms with Gasteiger partial charge in [-0.25, -0.2) is 0 Å². The van der Waals surface area contributed by atoms with Crippen LogP contribution < -0.4 is 4.74 Å². The summed E-state index contributed by atoms with van der Waals surface area (Å²) >= 11 is 0. The molecular formula is C23H27NO3. The molecule has 4 rings (SSSR count). The highest BCUT2D eigenvalue weighted by Gasteiger charge is 2.39. The number of fused-ring (bicyclic) bond motifs is 1. The van der Waals surface area contributed by atoms with Crippen LogP contribution in [0.25, 0.3) is 0 Å². The van der Waals surface area contributed by atoms with E-state index in [-0.39, 0.29) is 18.1 Å². The number of aliphatic hydroxyl groups is 1. The molecule has 1 saturated carbocycles. The first-order valence-corrected chi connectivity index (χ1v) is 9.73. The minimum absolute atomic E-state index is 0.0327. The quantitative estimate of drug-likeness (QED) is 0.897. The van der Waals surface area contributed by atoms with Crippen molar-refractivity contribution in [2.24, 2.45) is 0 Å². The Labute approximate surface area is 160 Å². The Morgan fingerprint density at radius 3 is 2.52 bits per heavy atom. The van der Waals surface area contributed by atoms with Gasteiger partial charge in [0.25, 0.3) is 5.91 Å². The smallest absolute Gasteiger partial charge is 0.254 e. The van der Waals surface area contributed by atoms with Gasteiger partial charge in [-0.3, -0.25) is 4.79 Å². The third-order valence-electron chi connectivity index (χ3n) is 6.36. The van der Waals surface area contributed by atoms with Gasteiger partial charge in [0.05, 0.1) is 19.3 Å². The molecule has 0 radical (unpaired) electrons. The van der Waals surface area contributed by atoms with Crippen LogP contribution in [-0.2, 0) is 13.0 Å². The summed E-state index contributed by atoms with van der Waals surface area (Å²) in [6.45, 7) is 4.89. The summed E-state index contributed by atoms with van der Waals surface area (Å²) in [5.41, 5.74) is 6.81. The molecule has 1 amide bonds. The van der Waals surface area contributed by atoms with Crippen LogP contribution in [0.4, 0.5) is 0 Å². The number of ether oxygens (including phenoxy) is 1. The lowest BCUT2D eigenvalue weighted by molar-refractivity contribution is 0.0479. The van der Waals surface area contributed by atoms with Crippen molar-refractivity contribution < 1.29 is 14.6 Å². The Morgan fingerprint density at radius 2 is 1.89 bits per heavy atom. The van der Waals surface area contributed by atoms with Crippen LogP contribution in [0, 0.1) is 13.8 Å². The second-order valence-corrected chi connectivity index (χ2v) is 7.84. The minimum atomic E-state index is -0.386. The second kappa shape index (κ2) is 7.01. The monoisotopic (exact) mass is 365 g/mol. The van der Waals surface area contributed by atoms with E-state index in [1.165, 1.54) is 22.3 Å². The highest BCUT2D eigenvalue weighted by atomic mass is 16.5. The van der Waals surface area contributed by atoms with Crippen molar-refractivity contribution in [3.8, 4) is 5.75 Å². The Kier molecular flexibility index (Phi) is 4.68. The highest BCUT2D eigenvalue weighted by molar-refractivity contribution is 5.99. The highest BCUT2D eigenvalue weighted by Crippen LogP contribution is 2.36. The van der Waals surface area contributed by atoms with Crippen LogP contribution in [0.15, 0.2) is 30.3 Å². The van der Waals surface area contributed by atoms with E-state index in [0.29, 0.717) is 6.54 Å². The maximum atomic E-state index is 13.1. The molecule has 4 nitrogen and oxygen atoms in total. The summed E-state index contributed by atoms with van der Waals surface area (Å²) in [5, 5.41) is 10.3. The molecule has 1 N–H and O–H groups in total. The molecular weight excluding hydrogens is 338 g/mol. The van der Waals surface area contributed by atoms with Crippen LogP contribution in [0.3, 0.4) is 0 Å². The summed E-state index contributed by atoms with van der Waals surface area (Å²) in [7, 11) is 1.67. The van der Waals surface area contributed by atoms with Gasteiger partial charge in [0.2, 0.25) is 0 Å². The van der Waals surface area contributed by atoms with Crippen LogP contribution >= 0.6 is 0 Å². The Balaban J connectivity index is 1.64. The molecule has 0 spiro atoms. The van der Waals surface area contributed by atoms with Crippen LogP contribution in [0.2, 0.25) is 0 Å². The molecule has 0 saturated heterocycles. The van der Waals surface area contributed by atoms with Gasteiger partial charge in [0.1, 0.15) is 5.75 Å². The molecule has 2 aromatic rings. The van der Waals surface area contributed by atoms with Crippen LogP contribution in [0.1, 0.15) is 57.4 Å². The van der Waals surface area contributed by atoms with Crippen molar-refractivity contribution >= 4 is 5.91 Å². The predicted octanol–water partition coefficient (Wildman–Crippen LogP) is 3.77. The number of carbonyl (C=O) groups excluding carboxylic acids is 1. The summed E-state index contributed by atoms with van der Waals surface area (Å²) < 4.78 is 5.24. The van der Waals surface area contributed by atoms with Crippen molar-refractivity contribution in [2.75, 3.05) is 7.11 Å². The van der Waals surface area contributed by atoms with Gasteiger partial charge in [0.15, 0.2) is 0 Å². The lowest BCUT2D eigenvalue weighted by atomic mass is 9.91. The lowest BCUT2D eigenvalue weighted by Crippen LogP contribution is -2.40. The molecule has 2 atom stereocenters. The molecule has 1 aliphatic carbocycles. The first-order valence-electron chi connectivity index (χ1n) is 9.73. The molecule has 1 heterocycles. The van der Waals surface area contributed by atoms with Crippen molar-refractivity contribution in [1.82, 2.24) is 4.90 Å². The number of aliphatic hydroxyl groups excluding tert-OH is 1. The number of hydrogen-bond acceptors (Lipinski definition) is 3. The van der Waals surface area contributed by atoms with Gasteiger partial charge in [-0.2, -0.15) is 0 Å². The van der Waals surface area contributed by atoms with Gasteiger partial charge in [-0.1, -0.05) is 12.1 Å². The molecule has 2 aromatic carbocycles. The minimum Gasteiger partial charge on any atom is -0.497 e. The average molecular weight is 365 g/mol. The van der Waals surface area contributed by atoms with Crippen molar-refractivity contribution in [2.45, 2.75) is 58.2 Å². The molecule has 1 fully saturated rings. The van der Waals surface area contributed by atoms with Gasteiger partial charge in [-0.15, -0.1) is 0 Å². The molecule has 4 heteroatoms. The molecule has 0 bridgehead atoms. The fourth-order valence-electron chi connectivity index (χ4n) is 4.53. The summed E-state index contributed by atoms with van der Waals surface area (Å²) in [4.78, 5) is 15.0. The number of amides is 1. The summed E-state index contributed by atoms with van der Waals surface area (Å²) in [6.07, 6.45) is 3.10. The Bertz CT molecular complexity index is 872. The zero-order chi connectivity index (χ0) is 19.1. The molecule has 0 aromatic heterocycles. The van der Waals surface area contributed by atoms with Gasteiger partial charge >= 0.3 is 0 Å². The van der Waals surface area contributed by atoms with E-state index < -0.39 is 0 Å². The predicted molar refractivity (Wildman–Crippen MR) is 105 cm³/mol. The standard InChI is InChI=1S/C23H27NO3/c1-14-15(2)20-13-24(21-5-4-6-22(21)25)23(26)19(20)12-17(14)11-16-7-9-18(27-3)10-8-16/h7-10,12,21-22,25H,4-6,11,13H2,1-3H3/t21-,22-/m0/s1. The van der Waals surface area contributed by atoms with Crippen LogP contribution in [-0.4, -0.2) is 35.2 Å². The largest absolute Gasteiger partial charge is 0.497 e. The number of carbonyl (C=O) groups is 1. The van der Waals surface area contributed by atoms with E-state index in [1.807, 2.05) is 17.0 Å².